The molecule has 1 saturated carbocycles. The number of rotatable bonds is 4. The van der Waals surface area contributed by atoms with Gasteiger partial charge in [-0.15, -0.1) is 0 Å². The van der Waals surface area contributed by atoms with Crippen molar-refractivity contribution in [2.24, 2.45) is 5.41 Å². The zero-order valence-electron chi connectivity index (χ0n) is 11.1. The lowest BCUT2D eigenvalue weighted by Gasteiger charge is -2.27. The van der Waals surface area contributed by atoms with Gasteiger partial charge in [-0.2, -0.15) is 0 Å². The predicted molar refractivity (Wildman–Crippen MR) is 77.6 cm³/mol. The number of nitrogens with one attached hydrogen (secondary N) is 1. The number of carbonyl (C=O) groups excluding carboxylic acids is 1. The second kappa shape index (κ2) is 6.04. The van der Waals surface area contributed by atoms with Crippen LogP contribution in [0.2, 0.25) is 0 Å². The van der Waals surface area contributed by atoms with E-state index < -0.39 is 5.82 Å². The molecule has 0 heterocycles. The Morgan fingerprint density at radius 3 is 2.68 bits per heavy atom. The van der Waals surface area contributed by atoms with Crippen molar-refractivity contribution < 1.29 is 9.18 Å². The van der Waals surface area contributed by atoms with Crippen molar-refractivity contribution in [2.45, 2.75) is 39.0 Å². The Kier molecular flexibility index (Phi) is 4.61. The van der Waals surface area contributed by atoms with E-state index in [-0.39, 0.29) is 11.3 Å². The van der Waals surface area contributed by atoms with Gasteiger partial charge in [0.2, 0.25) is 0 Å². The average Bonchev–Trinajstić information content (AvgIpc) is 2.89. The first-order chi connectivity index (χ1) is 9.06. The number of hydrogen-bond acceptors (Lipinski definition) is 1. The molecule has 1 aliphatic rings. The molecule has 0 spiro atoms. The van der Waals surface area contributed by atoms with Crippen molar-refractivity contribution >= 4 is 21.8 Å². The van der Waals surface area contributed by atoms with Gasteiger partial charge in [0.1, 0.15) is 5.82 Å². The van der Waals surface area contributed by atoms with Crippen molar-refractivity contribution in [3.63, 3.8) is 0 Å². The van der Waals surface area contributed by atoms with Gasteiger partial charge in [-0.1, -0.05) is 19.8 Å². The molecule has 104 valence electrons. The zero-order valence-corrected chi connectivity index (χ0v) is 12.7. The third kappa shape index (κ3) is 3.35. The molecule has 0 bridgehead atoms. The number of carbonyl (C=O) groups is 1. The maximum absolute atomic E-state index is 13.4. The van der Waals surface area contributed by atoms with Crippen LogP contribution in [-0.2, 0) is 0 Å². The van der Waals surface area contributed by atoms with Crippen LogP contribution in [0.1, 0.15) is 49.4 Å². The molecule has 2 rings (SSSR count). The summed E-state index contributed by atoms with van der Waals surface area (Å²) in [5.74, 6) is -0.593. The van der Waals surface area contributed by atoms with Crippen LogP contribution in [0.5, 0.6) is 0 Å². The molecule has 0 unspecified atom stereocenters. The van der Waals surface area contributed by atoms with Gasteiger partial charge in [0.25, 0.3) is 5.91 Å². The first-order valence-corrected chi connectivity index (χ1v) is 7.59. The van der Waals surface area contributed by atoms with E-state index in [1.54, 1.807) is 12.1 Å². The van der Waals surface area contributed by atoms with Crippen LogP contribution in [0, 0.1) is 11.2 Å². The molecule has 1 aliphatic carbocycles. The van der Waals surface area contributed by atoms with Crippen molar-refractivity contribution in [2.75, 3.05) is 6.54 Å². The molecule has 0 radical (unpaired) electrons. The highest BCUT2D eigenvalue weighted by Crippen LogP contribution is 2.40. The normalized spacial score (nSPS) is 17.4. The fraction of sp³-hybridized carbons (Fsp3) is 0.533. The molecular weight excluding hydrogens is 309 g/mol. The van der Waals surface area contributed by atoms with E-state index in [1.165, 1.54) is 31.7 Å². The Balaban J connectivity index is 1.99. The molecule has 0 saturated heterocycles. The Bertz CT molecular complexity index is 469. The minimum atomic E-state index is -0.404. The number of amides is 1. The summed E-state index contributed by atoms with van der Waals surface area (Å²) in [6, 6.07) is 4.47. The Morgan fingerprint density at radius 2 is 2.11 bits per heavy atom. The van der Waals surface area contributed by atoms with Crippen LogP contribution < -0.4 is 5.32 Å². The average molecular weight is 328 g/mol. The van der Waals surface area contributed by atoms with E-state index >= 15 is 0 Å². The minimum absolute atomic E-state index is 0.189. The molecule has 4 heteroatoms. The van der Waals surface area contributed by atoms with Crippen molar-refractivity contribution in [1.82, 2.24) is 5.32 Å². The van der Waals surface area contributed by atoms with Gasteiger partial charge in [-0.25, -0.2) is 4.39 Å². The summed E-state index contributed by atoms with van der Waals surface area (Å²) in [7, 11) is 0. The Labute approximate surface area is 121 Å². The summed E-state index contributed by atoms with van der Waals surface area (Å²) < 4.78 is 13.8. The van der Waals surface area contributed by atoms with Gasteiger partial charge < -0.3 is 5.32 Å². The third-order valence-corrected chi connectivity index (χ3v) is 4.86. The predicted octanol–water partition coefficient (Wildman–Crippen LogP) is 4.29. The molecular formula is C15H19BrFNO. The van der Waals surface area contributed by atoms with Crippen LogP contribution in [0.4, 0.5) is 4.39 Å². The molecule has 1 N–H and O–H groups in total. The molecule has 2 nitrogen and oxygen atoms in total. The number of halogens is 2. The van der Waals surface area contributed by atoms with Crippen LogP contribution in [0.25, 0.3) is 0 Å². The Morgan fingerprint density at radius 1 is 1.42 bits per heavy atom. The first kappa shape index (κ1) is 14.5. The molecule has 1 aromatic carbocycles. The zero-order chi connectivity index (χ0) is 13.9. The van der Waals surface area contributed by atoms with Crippen LogP contribution in [-0.4, -0.2) is 12.5 Å². The number of benzene rings is 1. The van der Waals surface area contributed by atoms with Crippen LogP contribution >= 0.6 is 15.9 Å². The lowest BCUT2D eigenvalue weighted by molar-refractivity contribution is 0.0928. The summed E-state index contributed by atoms with van der Waals surface area (Å²) in [5, 5.41) is 2.96. The standard InChI is InChI=1S/C15H19BrFNO/c1-2-15(7-3-4-8-15)10-18-14(19)11-5-6-12(16)13(17)9-11/h5-6,9H,2-4,7-8,10H2,1H3,(H,18,19). The smallest absolute Gasteiger partial charge is 0.251 e. The van der Waals surface area contributed by atoms with Gasteiger partial charge >= 0.3 is 0 Å². The lowest BCUT2D eigenvalue weighted by atomic mass is 9.83. The Hall–Kier alpha value is -0.900. The molecule has 0 atom stereocenters. The summed E-state index contributed by atoms with van der Waals surface area (Å²) in [6.45, 7) is 2.87. The van der Waals surface area contributed by atoms with Crippen molar-refractivity contribution in [1.29, 1.82) is 0 Å². The summed E-state index contributed by atoms with van der Waals surface area (Å²) in [5.41, 5.74) is 0.633. The summed E-state index contributed by atoms with van der Waals surface area (Å²) in [4.78, 5) is 12.0. The van der Waals surface area contributed by atoms with E-state index in [0.717, 1.165) is 6.42 Å². The molecule has 0 aromatic heterocycles. The fourth-order valence-electron chi connectivity index (χ4n) is 2.79. The number of hydrogen-bond donors (Lipinski definition) is 1. The maximum atomic E-state index is 13.4. The maximum Gasteiger partial charge on any atom is 0.251 e. The van der Waals surface area contributed by atoms with Crippen LogP contribution in [0.3, 0.4) is 0 Å². The quantitative estimate of drug-likeness (QED) is 0.878. The van der Waals surface area contributed by atoms with E-state index in [0.29, 0.717) is 16.6 Å². The van der Waals surface area contributed by atoms with Gasteiger partial charge in [0.15, 0.2) is 0 Å². The fourth-order valence-corrected chi connectivity index (χ4v) is 3.03. The van der Waals surface area contributed by atoms with Crippen LogP contribution in [0.15, 0.2) is 22.7 Å². The second-order valence-corrected chi connectivity index (χ2v) is 6.23. The highest BCUT2D eigenvalue weighted by atomic mass is 79.9. The van der Waals surface area contributed by atoms with Crippen molar-refractivity contribution in [3.8, 4) is 0 Å². The highest BCUT2D eigenvalue weighted by molar-refractivity contribution is 9.10. The SMILES string of the molecule is CCC1(CNC(=O)c2ccc(Br)c(F)c2)CCCC1. The summed E-state index contributed by atoms with van der Waals surface area (Å²) in [6.07, 6.45) is 5.94. The van der Waals surface area contributed by atoms with E-state index in [1.807, 2.05) is 0 Å². The van der Waals surface area contributed by atoms with Gasteiger partial charge in [0.05, 0.1) is 4.47 Å². The third-order valence-electron chi connectivity index (χ3n) is 4.22. The molecule has 1 amide bonds. The van der Waals surface area contributed by atoms with Gasteiger partial charge in [0, 0.05) is 12.1 Å². The molecule has 19 heavy (non-hydrogen) atoms. The lowest BCUT2D eigenvalue weighted by Crippen LogP contribution is -2.35. The van der Waals surface area contributed by atoms with Gasteiger partial charge in [-0.3, -0.25) is 4.79 Å². The van der Waals surface area contributed by atoms with E-state index in [4.69, 9.17) is 0 Å². The molecule has 1 fully saturated rings. The largest absolute Gasteiger partial charge is 0.351 e. The molecule has 0 aliphatic heterocycles. The van der Waals surface area contributed by atoms with Crippen molar-refractivity contribution in [3.05, 3.63) is 34.1 Å². The topological polar surface area (TPSA) is 29.1 Å². The molecule has 1 aromatic rings. The monoisotopic (exact) mass is 327 g/mol. The highest BCUT2D eigenvalue weighted by Gasteiger charge is 2.32. The first-order valence-electron chi connectivity index (χ1n) is 6.79. The minimum Gasteiger partial charge on any atom is -0.351 e. The second-order valence-electron chi connectivity index (χ2n) is 5.37. The van der Waals surface area contributed by atoms with E-state index in [2.05, 4.69) is 28.2 Å². The van der Waals surface area contributed by atoms with E-state index in [9.17, 15) is 9.18 Å². The summed E-state index contributed by atoms with van der Waals surface area (Å²) >= 11 is 3.08. The van der Waals surface area contributed by atoms with Gasteiger partial charge in [-0.05, 0) is 58.8 Å².